The number of imidazole rings is 1. The summed E-state index contributed by atoms with van der Waals surface area (Å²) in [5.41, 5.74) is 3.05. The van der Waals surface area contributed by atoms with Gasteiger partial charge in [0, 0.05) is 17.5 Å². The number of carbonyl (C=O) groups excluding carboxylic acids is 1. The first-order valence-corrected chi connectivity index (χ1v) is 9.86. The summed E-state index contributed by atoms with van der Waals surface area (Å²) in [5.74, 6) is 1.32. The average molecular weight is 396 g/mol. The van der Waals surface area contributed by atoms with Crippen LogP contribution in [0.15, 0.2) is 44.9 Å². The van der Waals surface area contributed by atoms with Crippen molar-refractivity contribution in [3.8, 4) is 11.3 Å². The lowest BCUT2D eigenvalue weighted by molar-refractivity contribution is -0.116. The van der Waals surface area contributed by atoms with Gasteiger partial charge >= 0.3 is 5.69 Å². The fourth-order valence-corrected chi connectivity index (χ4v) is 4.10. The quantitative estimate of drug-likeness (QED) is 0.556. The Morgan fingerprint density at radius 2 is 1.93 bits per heavy atom. The van der Waals surface area contributed by atoms with Gasteiger partial charge in [-0.05, 0) is 39.0 Å². The second-order valence-corrected chi connectivity index (χ2v) is 7.37. The maximum atomic E-state index is 12.7. The SMILES string of the molecule is CCn1c(=O)n(CC(=O)Nc2nc(-c3cc(C)oc3C)cs2)c2ccccc21. The standard InChI is InChI=1S/C20H20N4O3S/c1-4-23-16-7-5-6-8-17(16)24(20(23)26)10-18(25)22-19-21-15(11-28-19)14-9-12(2)27-13(14)3/h5-9,11H,4,10H2,1-3H3,(H,21,22,25). The molecule has 3 aromatic heterocycles. The molecule has 1 amide bonds. The van der Waals surface area contributed by atoms with Crippen LogP contribution in [-0.4, -0.2) is 20.0 Å². The van der Waals surface area contributed by atoms with Crippen LogP contribution in [0.5, 0.6) is 0 Å². The molecule has 0 aliphatic heterocycles. The molecule has 0 radical (unpaired) electrons. The molecule has 7 nitrogen and oxygen atoms in total. The van der Waals surface area contributed by atoms with Crippen molar-refractivity contribution in [2.24, 2.45) is 0 Å². The highest BCUT2D eigenvalue weighted by Crippen LogP contribution is 2.29. The monoisotopic (exact) mass is 396 g/mol. The summed E-state index contributed by atoms with van der Waals surface area (Å²) in [7, 11) is 0. The van der Waals surface area contributed by atoms with Crippen molar-refractivity contribution in [3.05, 3.63) is 57.7 Å². The molecule has 0 saturated carbocycles. The average Bonchev–Trinajstić information content (AvgIpc) is 3.32. The number of rotatable bonds is 5. The van der Waals surface area contributed by atoms with Gasteiger partial charge in [-0.2, -0.15) is 0 Å². The second kappa shape index (κ2) is 7.12. The Labute approximate surface area is 165 Å². The Morgan fingerprint density at radius 1 is 1.21 bits per heavy atom. The van der Waals surface area contributed by atoms with E-state index in [1.807, 2.05) is 56.5 Å². The van der Waals surface area contributed by atoms with Gasteiger partial charge in [0.25, 0.3) is 0 Å². The number of fused-ring (bicyclic) bond motifs is 1. The number of aromatic nitrogens is 3. The third-order valence-corrected chi connectivity index (χ3v) is 5.37. The summed E-state index contributed by atoms with van der Waals surface area (Å²) in [6, 6.07) is 9.40. The number of furan rings is 1. The van der Waals surface area contributed by atoms with Crippen molar-refractivity contribution in [1.29, 1.82) is 0 Å². The molecule has 0 atom stereocenters. The molecule has 0 aliphatic rings. The highest BCUT2D eigenvalue weighted by molar-refractivity contribution is 7.14. The maximum Gasteiger partial charge on any atom is 0.329 e. The van der Waals surface area contributed by atoms with Crippen molar-refractivity contribution < 1.29 is 9.21 Å². The Morgan fingerprint density at radius 3 is 2.57 bits per heavy atom. The highest BCUT2D eigenvalue weighted by Gasteiger charge is 2.16. The first-order chi connectivity index (χ1) is 13.5. The smallest absolute Gasteiger partial charge is 0.329 e. The van der Waals surface area contributed by atoms with Crippen LogP contribution < -0.4 is 11.0 Å². The van der Waals surface area contributed by atoms with E-state index in [-0.39, 0.29) is 18.1 Å². The number of para-hydroxylation sites is 2. The zero-order chi connectivity index (χ0) is 19.8. The molecule has 28 heavy (non-hydrogen) atoms. The first-order valence-electron chi connectivity index (χ1n) is 8.98. The van der Waals surface area contributed by atoms with Gasteiger partial charge in [0.15, 0.2) is 5.13 Å². The lowest BCUT2D eigenvalue weighted by Gasteiger charge is -2.03. The predicted octanol–water partition coefficient (Wildman–Crippen LogP) is 3.79. The number of anilines is 1. The van der Waals surface area contributed by atoms with Crippen molar-refractivity contribution in [1.82, 2.24) is 14.1 Å². The molecule has 0 unspecified atom stereocenters. The summed E-state index contributed by atoms with van der Waals surface area (Å²) in [6.45, 7) is 6.17. The Balaban J connectivity index is 1.56. The fraction of sp³-hybridized carbons (Fsp3) is 0.250. The van der Waals surface area contributed by atoms with Gasteiger partial charge in [0.05, 0.1) is 16.7 Å². The molecular weight excluding hydrogens is 376 g/mol. The summed E-state index contributed by atoms with van der Waals surface area (Å²) < 4.78 is 8.70. The molecule has 4 rings (SSSR count). The zero-order valence-electron chi connectivity index (χ0n) is 15.9. The third-order valence-electron chi connectivity index (χ3n) is 4.61. The predicted molar refractivity (Wildman–Crippen MR) is 110 cm³/mol. The van der Waals surface area contributed by atoms with E-state index in [1.165, 1.54) is 15.9 Å². The van der Waals surface area contributed by atoms with Crippen LogP contribution in [0.1, 0.15) is 18.4 Å². The number of nitrogens with zero attached hydrogens (tertiary/aromatic N) is 3. The van der Waals surface area contributed by atoms with Crippen molar-refractivity contribution in [2.45, 2.75) is 33.9 Å². The van der Waals surface area contributed by atoms with Crippen LogP contribution in [0.2, 0.25) is 0 Å². The molecule has 144 valence electrons. The van der Waals surface area contributed by atoms with E-state index in [0.29, 0.717) is 11.7 Å². The van der Waals surface area contributed by atoms with Crippen LogP contribution in [0, 0.1) is 13.8 Å². The largest absolute Gasteiger partial charge is 0.466 e. The lowest BCUT2D eigenvalue weighted by atomic mass is 10.2. The Hall–Kier alpha value is -3.13. The summed E-state index contributed by atoms with van der Waals surface area (Å²) in [4.78, 5) is 29.7. The minimum atomic E-state index is -0.290. The molecule has 1 aromatic carbocycles. The van der Waals surface area contributed by atoms with Crippen LogP contribution >= 0.6 is 11.3 Å². The molecule has 8 heteroatoms. The normalized spacial score (nSPS) is 11.2. The van der Waals surface area contributed by atoms with E-state index in [4.69, 9.17) is 4.42 Å². The van der Waals surface area contributed by atoms with Crippen molar-refractivity contribution in [3.63, 3.8) is 0 Å². The first kappa shape index (κ1) is 18.2. The molecule has 0 bridgehead atoms. The topological polar surface area (TPSA) is 82.1 Å². The zero-order valence-corrected chi connectivity index (χ0v) is 16.7. The van der Waals surface area contributed by atoms with E-state index in [0.717, 1.165) is 33.8 Å². The number of thiazole rings is 1. The van der Waals surface area contributed by atoms with Crippen molar-refractivity contribution >= 4 is 33.4 Å². The molecule has 4 aromatic rings. The Kier molecular flexibility index (Phi) is 4.64. The fourth-order valence-electron chi connectivity index (χ4n) is 3.37. The highest BCUT2D eigenvalue weighted by atomic mass is 32.1. The number of hydrogen-bond acceptors (Lipinski definition) is 5. The van der Waals surface area contributed by atoms with E-state index in [9.17, 15) is 9.59 Å². The number of carbonyl (C=O) groups is 1. The van der Waals surface area contributed by atoms with E-state index in [2.05, 4.69) is 10.3 Å². The molecule has 0 spiro atoms. The van der Waals surface area contributed by atoms with Gasteiger partial charge in [-0.25, -0.2) is 9.78 Å². The molecule has 3 heterocycles. The van der Waals surface area contributed by atoms with Crippen LogP contribution in [-0.2, 0) is 17.9 Å². The van der Waals surface area contributed by atoms with Gasteiger partial charge in [0.2, 0.25) is 5.91 Å². The minimum absolute atomic E-state index is 0.0644. The minimum Gasteiger partial charge on any atom is -0.466 e. The van der Waals surface area contributed by atoms with Gasteiger partial charge < -0.3 is 9.73 Å². The maximum absolute atomic E-state index is 12.7. The summed E-state index contributed by atoms with van der Waals surface area (Å²) in [6.07, 6.45) is 0. The van der Waals surface area contributed by atoms with E-state index in [1.54, 1.807) is 4.57 Å². The second-order valence-electron chi connectivity index (χ2n) is 6.51. The van der Waals surface area contributed by atoms with Crippen LogP contribution in [0.4, 0.5) is 5.13 Å². The van der Waals surface area contributed by atoms with Crippen LogP contribution in [0.3, 0.4) is 0 Å². The number of hydrogen-bond donors (Lipinski definition) is 1. The molecular formula is C20H20N4O3S. The molecule has 0 aliphatic carbocycles. The number of aryl methyl sites for hydroxylation is 3. The third kappa shape index (κ3) is 3.16. The molecule has 0 saturated heterocycles. The summed E-state index contributed by atoms with van der Waals surface area (Å²) >= 11 is 1.34. The Bertz CT molecular complexity index is 1230. The lowest BCUT2D eigenvalue weighted by Crippen LogP contribution is -2.29. The summed E-state index contributed by atoms with van der Waals surface area (Å²) in [5, 5.41) is 5.16. The van der Waals surface area contributed by atoms with Crippen molar-refractivity contribution in [2.75, 3.05) is 5.32 Å². The number of benzene rings is 1. The molecule has 0 fully saturated rings. The van der Waals surface area contributed by atoms with Gasteiger partial charge in [-0.3, -0.25) is 13.9 Å². The van der Waals surface area contributed by atoms with E-state index < -0.39 is 0 Å². The van der Waals surface area contributed by atoms with Gasteiger partial charge in [-0.15, -0.1) is 11.3 Å². The van der Waals surface area contributed by atoms with Gasteiger partial charge in [-0.1, -0.05) is 12.1 Å². The van der Waals surface area contributed by atoms with Gasteiger partial charge in [0.1, 0.15) is 18.1 Å². The van der Waals surface area contributed by atoms with Crippen LogP contribution in [0.25, 0.3) is 22.3 Å². The molecule has 1 N–H and O–H groups in total. The van der Waals surface area contributed by atoms with E-state index >= 15 is 0 Å². The number of amides is 1. The number of nitrogens with one attached hydrogen (secondary N) is 1.